The van der Waals surface area contributed by atoms with Gasteiger partial charge in [-0.1, -0.05) is 25.1 Å². The number of hydrogen-bond donors (Lipinski definition) is 1. The average molecular weight is 434 g/mol. The Hall–Kier alpha value is -1.77. The molecule has 0 bridgehead atoms. The van der Waals surface area contributed by atoms with Gasteiger partial charge < -0.3 is 19.9 Å². The van der Waals surface area contributed by atoms with Gasteiger partial charge >= 0.3 is 0 Å². The molecule has 166 valence electrons. The lowest BCUT2D eigenvalue weighted by Gasteiger charge is -2.37. The molecule has 0 aromatic heterocycles. The van der Waals surface area contributed by atoms with Crippen LogP contribution in [0, 0.1) is 0 Å². The number of nitrogens with zero attached hydrogens (tertiary/aromatic N) is 4. The third-order valence-corrected chi connectivity index (χ3v) is 6.40. The number of nitrogens with one attached hydrogen (secondary N) is 1. The molecule has 30 heavy (non-hydrogen) atoms. The first-order valence-electron chi connectivity index (χ1n) is 11.0. The van der Waals surface area contributed by atoms with Crippen LogP contribution in [-0.2, 0) is 9.53 Å². The van der Waals surface area contributed by atoms with Crippen molar-refractivity contribution in [2.24, 2.45) is 4.99 Å². The Morgan fingerprint density at radius 2 is 1.80 bits per heavy atom. The number of aliphatic imine (C=N–C) groups is 1. The first kappa shape index (κ1) is 22.9. The summed E-state index contributed by atoms with van der Waals surface area (Å²) >= 11 is 1.86. The molecular weight excluding hydrogens is 398 g/mol. The van der Waals surface area contributed by atoms with E-state index in [1.54, 1.807) is 0 Å². The topological polar surface area (TPSA) is 60.4 Å². The van der Waals surface area contributed by atoms with Gasteiger partial charge in [0.05, 0.1) is 26.3 Å². The number of carbonyl (C=O) groups is 1. The molecule has 8 heteroatoms. The molecule has 1 aromatic rings. The molecule has 3 rings (SSSR count). The highest BCUT2D eigenvalue weighted by Gasteiger charge is 2.24. The van der Waals surface area contributed by atoms with Crippen LogP contribution < -0.4 is 5.32 Å². The molecule has 1 atom stereocenters. The van der Waals surface area contributed by atoms with Crippen LogP contribution in [0.2, 0.25) is 0 Å². The maximum absolute atomic E-state index is 12.5. The highest BCUT2D eigenvalue weighted by molar-refractivity contribution is 8.00. The van der Waals surface area contributed by atoms with Crippen molar-refractivity contribution >= 4 is 23.6 Å². The quantitative estimate of drug-likeness (QED) is 0.401. The van der Waals surface area contributed by atoms with Crippen molar-refractivity contribution in [3.05, 3.63) is 30.3 Å². The molecule has 2 heterocycles. The minimum Gasteiger partial charge on any atom is -0.378 e. The second kappa shape index (κ2) is 12.2. The molecule has 2 aliphatic rings. The molecule has 2 fully saturated rings. The van der Waals surface area contributed by atoms with Gasteiger partial charge in [-0.15, -0.1) is 11.8 Å². The molecule has 2 saturated heterocycles. The van der Waals surface area contributed by atoms with Gasteiger partial charge in [-0.25, -0.2) is 0 Å². The van der Waals surface area contributed by atoms with E-state index >= 15 is 0 Å². The van der Waals surface area contributed by atoms with Gasteiger partial charge in [0, 0.05) is 56.0 Å². The van der Waals surface area contributed by atoms with Gasteiger partial charge in [-0.2, -0.15) is 0 Å². The van der Waals surface area contributed by atoms with Gasteiger partial charge in [0.25, 0.3) is 0 Å². The summed E-state index contributed by atoms with van der Waals surface area (Å²) in [6.45, 7) is 12.8. The average Bonchev–Trinajstić information content (AvgIpc) is 2.78. The van der Waals surface area contributed by atoms with Crippen molar-refractivity contribution in [3.63, 3.8) is 0 Å². The van der Waals surface area contributed by atoms with Gasteiger partial charge in [0.2, 0.25) is 5.91 Å². The second-order valence-corrected chi connectivity index (χ2v) is 9.20. The predicted octanol–water partition coefficient (Wildman–Crippen LogP) is 1.61. The fourth-order valence-corrected chi connectivity index (χ4v) is 4.56. The SMILES string of the molecule is CCNC(=NCC(C)Sc1ccccc1)N1CCN(CC(=O)N2CCOCC2)CC1. The van der Waals surface area contributed by atoms with Crippen molar-refractivity contribution in [3.8, 4) is 0 Å². The van der Waals surface area contributed by atoms with Gasteiger partial charge in [-0.3, -0.25) is 14.7 Å². The summed E-state index contributed by atoms with van der Waals surface area (Å²) < 4.78 is 5.34. The second-order valence-electron chi connectivity index (χ2n) is 7.69. The van der Waals surface area contributed by atoms with E-state index in [1.165, 1.54) is 4.90 Å². The number of guanidine groups is 1. The Balaban J connectivity index is 1.46. The highest BCUT2D eigenvalue weighted by atomic mass is 32.2. The minimum atomic E-state index is 0.221. The van der Waals surface area contributed by atoms with E-state index < -0.39 is 0 Å². The Bertz CT molecular complexity index is 673. The van der Waals surface area contributed by atoms with Crippen LogP contribution in [0.15, 0.2) is 40.2 Å². The summed E-state index contributed by atoms with van der Waals surface area (Å²) in [5.41, 5.74) is 0. The van der Waals surface area contributed by atoms with Crippen LogP contribution in [-0.4, -0.2) is 104 Å². The summed E-state index contributed by atoms with van der Waals surface area (Å²) in [5.74, 6) is 1.20. The summed E-state index contributed by atoms with van der Waals surface area (Å²) in [7, 11) is 0. The van der Waals surface area contributed by atoms with E-state index in [9.17, 15) is 4.79 Å². The van der Waals surface area contributed by atoms with E-state index in [0.29, 0.717) is 25.0 Å². The van der Waals surface area contributed by atoms with Crippen LogP contribution in [0.5, 0.6) is 0 Å². The third kappa shape index (κ3) is 7.18. The zero-order valence-electron chi connectivity index (χ0n) is 18.3. The Morgan fingerprint density at radius 3 is 2.47 bits per heavy atom. The number of rotatable bonds is 7. The molecule has 0 spiro atoms. The number of piperazine rings is 1. The summed E-state index contributed by atoms with van der Waals surface area (Å²) in [4.78, 5) is 25.2. The number of morpholine rings is 1. The highest BCUT2D eigenvalue weighted by Crippen LogP contribution is 2.22. The van der Waals surface area contributed by atoms with Crippen molar-refractivity contribution in [1.82, 2.24) is 20.0 Å². The third-order valence-electron chi connectivity index (χ3n) is 5.31. The largest absolute Gasteiger partial charge is 0.378 e. The number of ether oxygens (including phenoxy) is 1. The number of amides is 1. The maximum Gasteiger partial charge on any atom is 0.236 e. The zero-order valence-corrected chi connectivity index (χ0v) is 19.1. The molecule has 0 saturated carbocycles. The molecule has 1 N–H and O–H groups in total. The summed E-state index contributed by atoms with van der Waals surface area (Å²) in [6, 6.07) is 10.5. The molecule has 1 amide bonds. The number of hydrogen-bond acceptors (Lipinski definition) is 5. The van der Waals surface area contributed by atoms with E-state index in [4.69, 9.17) is 9.73 Å². The predicted molar refractivity (Wildman–Crippen MR) is 123 cm³/mol. The first-order chi connectivity index (χ1) is 14.7. The Labute approximate surface area is 184 Å². The van der Waals surface area contributed by atoms with E-state index in [2.05, 4.69) is 53.2 Å². The standard InChI is InChI=1S/C22H35N5O2S/c1-3-23-22(24-17-19(2)30-20-7-5-4-6-8-20)27-11-9-25(10-12-27)18-21(28)26-13-15-29-16-14-26/h4-8,19H,3,9-18H2,1-2H3,(H,23,24). The lowest BCUT2D eigenvalue weighted by molar-refractivity contribution is -0.136. The van der Waals surface area contributed by atoms with Crippen LogP contribution in [0.1, 0.15) is 13.8 Å². The smallest absolute Gasteiger partial charge is 0.236 e. The van der Waals surface area contributed by atoms with Gasteiger partial charge in [0.15, 0.2) is 5.96 Å². The lowest BCUT2D eigenvalue weighted by Crippen LogP contribution is -2.55. The monoisotopic (exact) mass is 433 g/mol. The summed E-state index contributed by atoms with van der Waals surface area (Å²) in [5, 5.41) is 3.85. The molecular formula is C22H35N5O2S. The number of carbonyl (C=O) groups excluding carboxylic acids is 1. The molecule has 1 unspecified atom stereocenters. The Morgan fingerprint density at radius 1 is 1.10 bits per heavy atom. The van der Waals surface area contributed by atoms with Crippen molar-refractivity contribution < 1.29 is 9.53 Å². The lowest BCUT2D eigenvalue weighted by atomic mass is 10.3. The van der Waals surface area contributed by atoms with Crippen LogP contribution >= 0.6 is 11.8 Å². The maximum atomic E-state index is 12.5. The van der Waals surface area contributed by atoms with Crippen LogP contribution in [0.25, 0.3) is 0 Å². The minimum absolute atomic E-state index is 0.221. The Kier molecular flexibility index (Phi) is 9.29. The van der Waals surface area contributed by atoms with Crippen LogP contribution in [0.3, 0.4) is 0 Å². The number of thioether (sulfide) groups is 1. The fourth-order valence-electron chi connectivity index (χ4n) is 3.63. The van der Waals surface area contributed by atoms with Crippen molar-refractivity contribution in [2.45, 2.75) is 24.0 Å². The molecule has 1 aromatic carbocycles. The molecule has 0 aliphatic carbocycles. The molecule has 0 radical (unpaired) electrons. The first-order valence-corrected chi connectivity index (χ1v) is 11.9. The molecule has 7 nitrogen and oxygen atoms in total. The zero-order chi connectivity index (χ0) is 21.2. The van der Waals surface area contributed by atoms with Crippen LogP contribution in [0.4, 0.5) is 0 Å². The van der Waals surface area contributed by atoms with E-state index in [1.807, 2.05) is 22.7 Å². The fraction of sp³-hybridized carbons (Fsp3) is 0.636. The summed E-state index contributed by atoms with van der Waals surface area (Å²) in [6.07, 6.45) is 0. The van der Waals surface area contributed by atoms with E-state index in [0.717, 1.165) is 58.3 Å². The van der Waals surface area contributed by atoms with E-state index in [-0.39, 0.29) is 5.91 Å². The van der Waals surface area contributed by atoms with Crippen molar-refractivity contribution in [1.29, 1.82) is 0 Å². The van der Waals surface area contributed by atoms with Gasteiger partial charge in [0.1, 0.15) is 0 Å². The number of benzene rings is 1. The van der Waals surface area contributed by atoms with Crippen molar-refractivity contribution in [2.75, 3.05) is 72.1 Å². The molecule has 2 aliphatic heterocycles. The van der Waals surface area contributed by atoms with Gasteiger partial charge in [-0.05, 0) is 19.1 Å². The normalized spacial score (nSPS) is 19.6.